The predicted octanol–water partition coefficient (Wildman–Crippen LogP) is 6.48. The summed E-state index contributed by atoms with van der Waals surface area (Å²) in [5, 5.41) is 0.198. The minimum atomic E-state index is -0.321. The normalized spacial score (nSPS) is 12.3. The van der Waals surface area contributed by atoms with Gasteiger partial charge in [-0.1, -0.05) is 43.5 Å². The van der Waals surface area contributed by atoms with E-state index < -0.39 is 0 Å². The molecule has 0 bridgehead atoms. The molecule has 0 radical (unpaired) electrons. The van der Waals surface area contributed by atoms with Crippen molar-refractivity contribution in [1.29, 1.82) is 0 Å². The number of aryl methyl sites for hydroxylation is 2. The van der Waals surface area contributed by atoms with Crippen LogP contribution in [0.25, 0.3) is 0 Å². The van der Waals surface area contributed by atoms with Gasteiger partial charge in [0.1, 0.15) is 5.82 Å². The van der Waals surface area contributed by atoms with Crippen LogP contribution in [-0.2, 0) is 6.42 Å². The van der Waals surface area contributed by atoms with E-state index in [0.29, 0.717) is 5.92 Å². The number of hydrogen-bond acceptors (Lipinski definition) is 1. The molecule has 0 saturated heterocycles. The summed E-state index contributed by atoms with van der Waals surface area (Å²) in [4.78, 5) is 4.42. The molecular weight excluding hydrogens is 309 g/mol. The molecule has 0 saturated carbocycles. The first-order chi connectivity index (χ1) is 11.1. The molecule has 1 heterocycles. The highest BCUT2D eigenvalue weighted by molar-refractivity contribution is 6.30. The van der Waals surface area contributed by atoms with Crippen LogP contribution >= 0.6 is 11.6 Å². The average Bonchev–Trinajstić information content (AvgIpc) is 2.54. The van der Waals surface area contributed by atoms with Crippen molar-refractivity contribution in [1.82, 2.24) is 4.98 Å². The van der Waals surface area contributed by atoms with E-state index in [2.05, 4.69) is 24.0 Å². The maximum atomic E-state index is 13.4. The average molecular weight is 334 g/mol. The summed E-state index contributed by atoms with van der Waals surface area (Å²) < 4.78 is 13.4. The van der Waals surface area contributed by atoms with Crippen LogP contribution in [0.4, 0.5) is 4.39 Å². The van der Waals surface area contributed by atoms with Gasteiger partial charge in [0, 0.05) is 11.9 Å². The Morgan fingerprint density at radius 2 is 1.96 bits per heavy atom. The van der Waals surface area contributed by atoms with Gasteiger partial charge < -0.3 is 0 Å². The summed E-state index contributed by atoms with van der Waals surface area (Å²) in [6, 6.07) is 9.41. The molecule has 1 atom stereocenters. The van der Waals surface area contributed by atoms with Gasteiger partial charge in [0.2, 0.25) is 0 Å². The largest absolute Gasteiger partial charge is 0.261 e. The molecule has 0 spiro atoms. The molecule has 2 aromatic rings. The highest BCUT2D eigenvalue weighted by Crippen LogP contribution is 2.27. The zero-order chi connectivity index (χ0) is 16.7. The van der Waals surface area contributed by atoms with E-state index in [1.807, 2.05) is 19.2 Å². The Bertz CT molecular complexity index is 610. The minimum absolute atomic E-state index is 0.198. The third-order valence-electron chi connectivity index (χ3n) is 4.29. The number of hydrogen-bond donors (Lipinski definition) is 0. The van der Waals surface area contributed by atoms with Crippen molar-refractivity contribution in [3.8, 4) is 0 Å². The quantitative estimate of drug-likeness (QED) is 0.504. The SMILES string of the molecule is CCCC(CCCCc1ccc(Cl)c(F)c1)c1ccc(C)nc1. The lowest BCUT2D eigenvalue weighted by Gasteiger charge is -2.16. The first-order valence-electron chi connectivity index (χ1n) is 8.46. The number of nitrogens with zero attached hydrogens (tertiary/aromatic N) is 1. The fourth-order valence-corrected chi connectivity index (χ4v) is 3.08. The Balaban J connectivity index is 1.84. The van der Waals surface area contributed by atoms with E-state index in [9.17, 15) is 4.39 Å². The van der Waals surface area contributed by atoms with E-state index in [-0.39, 0.29) is 10.8 Å². The molecule has 1 nitrogen and oxygen atoms in total. The summed E-state index contributed by atoms with van der Waals surface area (Å²) in [5.41, 5.74) is 3.43. The van der Waals surface area contributed by atoms with Gasteiger partial charge in [-0.05, 0) is 67.9 Å². The third kappa shape index (κ3) is 5.62. The van der Waals surface area contributed by atoms with Crippen LogP contribution in [0.1, 0.15) is 61.8 Å². The van der Waals surface area contributed by atoms with Gasteiger partial charge in [0.25, 0.3) is 0 Å². The van der Waals surface area contributed by atoms with Crippen LogP contribution in [0, 0.1) is 12.7 Å². The van der Waals surface area contributed by atoms with Gasteiger partial charge in [0.15, 0.2) is 0 Å². The molecule has 1 aromatic heterocycles. The molecule has 124 valence electrons. The second-order valence-corrected chi connectivity index (χ2v) is 6.62. The summed E-state index contributed by atoms with van der Waals surface area (Å²) in [5.74, 6) is 0.258. The number of benzene rings is 1. The van der Waals surface area contributed by atoms with Crippen molar-refractivity contribution >= 4 is 11.6 Å². The van der Waals surface area contributed by atoms with E-state index in [1.54, 1.807) is 12.1 Å². The number of rotatable bonds is 8. The first kappa shape index (κ1) is 17.9. The zero-order valence-corrected chi connectivity index (χ0v) is 14.7. The van der Waals surface area contributed by atoms with Crippen molar-refractivity contribution in [2.45, 2.75) is 58.3 Å². The Morgan fingerprint density at radius 3 is 2.61 bits per heavy atom. The van der Waals surface area contributed by atoms with Gasteiger partial charge >= 0.3 is 0 Å². The third-order valence-corrected chi connectivity index (χ3v) is 4.60. The Labute approximate surface area is 143 Å². The van der Waals surface area contributed by atoms with Crippen LogP contribution < -0.4 is 0 Å². The smallest absolute Gasteiger partial charge is 0.142 e. The van der Waals surface area contributed by atoms with Crippen LogP contribution in [0.15, 0.2) is 36.5 Å². The summed E-state index contributed by atoms with van der Waals surface area (Å²) in [7, 11) is 0. The van der Waals surface area contributed by atoms with Gasteiger partial charge in [0.05, 0.1) is 5.02 Å². The second-order valence-electron chi connectivity index (χ2n) is 6.21. The van der Waals surface area contributed by atoms with Gasteiger partial charge in [-0.2, -0.15) is 0 Å². The van der Waals surface area contributed by atoms with Gasteiger partial charge in [-0.15, -0.1) is 0 Å². The lowest BCUT2D eigenvalue weighted by atomic mass is 9.90. The number of aromatic nitrogens is 1. The van der Waals surface area contributed by atoms with Crippen LogP contribution in [-0.4, -0.2) is 4.98 Å². The molecule has 0 N–H and O–H groups in total. The highest BCUT2D eigenvalue weighted by Gasteiger charge is 2.11. The molecular formula is C20H25ClFN. The standard InChI is InChI=1S/C20H25ClFN/c1-3-6-17(18-11-9-15(2)23-14-18)8-5-4-7-16-10-12-19(21)20(22)13-16/h9-14,17H,3-8H2,1-2H3. The molecule has 3 heteroatoms. The van der Waals surface area contributed by atoms with E-state index in [0.717, 1.165) is 36.9 Å². The van der Waals surface area contributed by atoms with Crippen molar-refractivity contribution in [2.24, 2.45) is 0 Å². The Hall–Kier alpha value is -1.41. The lowest BCUT2D eigenvalue weighted by Crippen LogP contribution is -2.00. The van der Waals surface area contributed by atoms with Crippen molar-refractivity contribution < 1.29 is 4.39 Å². The lowest BCUT2D eigenvalue weighted by molar-refractivity contribution is 0.530. The molecule has 1 aromatic carbocycles. The zero-order valence-electron chi connectivity index (χ0n) is 14.0. The Kier molecular flexibility index (Phi) is 7.04. The maximum absolute atomic E-state index is 13.4. The molecule has 0 aliphatic rings. The second kappa shape index (κ2) is 9.02. The fourth-order valence-electron chi connectivity index (χ4n) is 2.96. The molecule has 0 fully saturated rings. The van der Waals surface area contributed by atoms with E-state index in [4.69, 9.17) is 11.6 Å². The van der Waals surface area contributed by atoms with Crippen LogP contribution in [0.3, 0.4) is 0 Å². The van der Waals surface area contributed by atoms with E-state index in [1.165, 1.54) is 18.4 Å². The topological polar surface area (TPSA) is 12.9 Å². The maximum Gasteiger partial charge on any atom is 0.142 e. The van der Waals surface area contributed by atoms with Crippen molar-refractivity contribution in [3.05, 3.63) is 64.2 Å². The molecule has 0 aliphatic heterocycles. The van der Waals surface area contributed by atoms with Gasteiger partial charge in [-0.3, -0.25) is 4.98 Å². The molecule has 0 aliphatic carbocycles. The van der Waals surface area contributed by atoms with Crippen LogP contribution in [0.5, 0.6) is 0 Å². The molecule has 0 amide bonds. The number of pyridine rings is 1. The fraction of sp³-hybridized carbons (Fsp3) is 0.450. The number of unbranched alkanes of at least 4 members (excludes halogenated alkanes) is 1. The summed E-state index contributed by atoms with van der Waals surface area (Å²) in [6.07, 6.45) is 8.67. The molecule has 23 heavy (non-hydrogen) atoms. The first-order valence-corrected chi connectivity index (χ1v) is 8.84. The van der Waals surface area contributed by atoms with Crippen LogP contribution in [0.2, 0.25) is 5.02 Å². The van der Waals surface area contributed by atoms with Gasteiger partial charge in [-0.25, -0.2) is 4.39 Å². The molecule has 1 unspecified atom stereocenters. The monoisotopic (exact) mass is 333 g/mol. The summed E-state index contributed by atoms with van der Waals surface area (Å²) in [6.45, 7) is 4.25. The Morgan fingerprint density at radius 1 is 1.13 bits per heavy atom. The molecule has 2 rings (SSSR count). The van der Waals surface area contributed by atoms with Crippen molar-refractivity contribution in [2.75, 3.05) is 0 Å². The number of halogens is 2. The minimum Gasteiger partial charge on any atom is -0.261 e. The van der Waals surface area contributed by atoms with E-state index >= 15 is 0 Å². The predicted molar refractivity (Wildman–Crippen MR) is 95.6 cm³/mol. The summed E-state index contributed by atoms with van der Waals surface area (Å²) >= 11 is 5.72. The highest BCUT2D eigenvalue weighted by atomic mass is 35.5. The van der Waals surface area contributed by atoms with Crippen molar-refractivity contribution in [3.63, 3.8) is 0 Å².